The van der Waals surface area contributed by atoms with Crippen LogP contribution in [0.3, 0.4) is 0 Å². The lowest BCUT2D eigenvalue weighted by Gasteiger charge is -2.24. The molecule has 1 saturated carbocycles. The van der Waals surface area contributed by atoms with Crippen molar-refractivity contribution in [3.8, 4) is 5.75 Å². The minimum Gasteiger partial charge on any atom is -0.489 e. The zero-order valence-electron chi connectivity index (χ0n) is 11.4. The molecule has 1 aliphatic carbocycles. The zero-order chi connectivity index (χ0) is 13.9. The van der Waals surface area contributed by atoms with Crippen LogP contribution in [0.15, 0.2) is 30.5 Å². The molecule has 0 unspecified atom stereocenters. The van der Waals surface area contributed by atoms with Crippen LogP contribution in [0.1, 0.15) is 37.7 Å². The van der Waals surface area contributed by atoms with E-state index in [1.807, 2.05) is 24.3 Å². The topological polar surface area (TPSA) is 72.0 Å². The molecule has 4 nitrogen and oxygen atoms in total. The molecule has 0 radical (unpaired) electrons. The Kier molecular flexibility index (Phi) is 3.54. The summed E-state index contributed by atoms with van der Waals surface area (Å²) < 4.78 is 6.20. The van der Waals surface area contributed by atoms with E-state index in [9.17, 15) is 0 Å². The number of amidine groups is 1. The number of nitrogens with zero attached hydrogens (tertiary/aromatic N) is 1. The van der Waals surface area contributed by atoms with Crippen molar-refractivity contribution >= 4 is 16.7 Å². The van der Waals surface area contributed by atoms with Gasteiger partial charge in [-0.1, -0.05) is 18.6 Å². The van der Waals surface area contributed by atoms with E-state index >= 15 is 0 Å². The maximum absolute atomic E-state index is 7.73. The van der Waals surface area contributed by atoms with E-state index in [4.69, 9.17) is 15.9 Å². The van der Waals surface area contributed by atoms with Crippen molar-refractivity contribution in [2.75, 3.05) is 0 Å². The number of hydrogen-bond donors (Lipinski definition) is 2. The van der Waals surface area contributed by atoms with Gasteiger partial charge >= 0.3 is 0 Å². The number of hydrogen-bond acceptors (Lipinski definition) is 3. The number of fused-ring (bicyclic) bond motifs is 1. The summed E-state index contributed by atoms with van der Waals surface area (Å²) in [6.07, 6.45) is 7.74. The summed E-state index contributed by atoms with van der Waals surface area (Å²) in [5, 5.41) is 8.66. The van der Waals surface area contributed by atoms with Crippen LogP contribution in [0.5, 0.6) is 5.75 Å². The third-order valence-corrected chi connectivity index (χ3v) is 3.85. The Morgan fingerprint density at radius 3 is 2.70 bits per heavy atom. The maximum atomic E-state index is 7.73. The predicted octanol–water partition coefficient (Wildman–Crippen LogP) is 3.23. The summed E-state index contributed by atoms with van der Waals surface area (Å²) in [5.41, 5.74) is 7.14. The van der Waals surface area contributed by atoms with Gasteiger partial charge in [-0.15, -0.1) is 0 Å². The Balaban J connectivity index is 2.04. The zero-order valence-corrected chi connectivity index (χ0v) is 11.4. The van der Waals surface area contributed by atoms with Crippen LogP contribution in [0.25, 0.3) is 10.9 Å². The first kappa shape index (κ1) is 12.9. The van der Waals surface area contributed by atoms with Gasteiger partial charge in [0.1, 0.15) is 11.6 Å². The highest BCUT2D eigenvalue weighted by atomic mass is 16.5. The number of nitrogens with one attached hydrogen (secondary N) is 1. The molecule has 2 aromatic rings. The quantitative estimate of drug-likeness (QED) is 0.663. The van der Waals surface area contributed by atoms with E-state index in [2.05, 4.69) is 4.98 Å². The highest BCUT2D eigenvalue weighted by Crippen LogP contribution is 2.31. The number of nitrogen functional groups attached to an aromatic ring is 1. The first-order valence-electron chi connectivity index (χ1n) is 7.14. The van der Waals surface area contributed by atoms with Crippen molar-refractivity contribution in [2.45, 2.75) is 38.2 Å². The number of benzene rings is 1. The minimum atomic E-state index is 0.00839. The Morgan fingerprint density at radius 2 is 1.95 bits per heavy atom. The van der Waals surface area contributed by atoms with Crippen molar-refractivity contribution in [3.05, 3.63) is 36.0 Å². The SMILES string of the molecule is N=C(N)c1cnc2ccccc2c1OC1CCCCC1. The van der Waals surface area contributed by atoms with Crippen molar-refractivity contribution in [3.63, 3.8) is 0 Å². The van der Waals surface area contributed by atoms with Crippen LogP contribution < -0.4 is 10.5 Å². The number of nitrogens with two attached hydrogens (primary N) is 1. The molecule has 3 rings (SSSR count). The van der Waals surface area contributed by atoms with Gasteiger partial charge in [-0.25, -0.2) is 0 Å². The van der Waals surface area contributed by atoms with Crippen molar-refractivity contribution in [1.29, 1.82) is 5.41 Å². The molecule has 0 saturated heterocycles. The number of pyridine rings is 1. The maximum Gasteiger partial charge on any atom is 0.141 e. The van der Waals surface area contributed by atoms with E-state index in [0.29, 0.717) is 5.56 Å². The molecule has 104 valence electrons. The first-order chi connectivity index (χ1) is 9.75. The van der Waals surface area contributed by atoms with Crippen LogP contribution >= 0.6 is 0 Å². The highest BCUT2D eigenvalue weighted by Gasteiger charge is 2.19. The molecule has 0 bridgehead atoms. The predicted molar refractivity (Wildman–Crippen MR) is 80.3 cm³/mol. The molecule has 1 aromatic carbocycles. The van der Waals surface area contributed by atoms with Gasteiger partial charge in [-0.3, -0.25) is 10.4 Å². The number of ether oxygens (including phenoxy) is 1. The summed E-state index contributed by atoms with van der Waals surface area (Å²) in [6.45, 7) is 0. The van der Waals surface area contributed by atoms with Crippen LogP contribution in [-0.2, 0) is 0 Å². The molecular formula is C16H19N3O. The second-order valence-electron chi connectivity index (χ2n) is 5.31. The molecular weight excluding hydrogens is 250 g/mol. The average molecular weight is 269 g/mol. The van der Waals surface area contributed by atoms with E-state index in [0.717, 1.165) is 29.5 Å². The van der Waals surface area contributed by atoms with Gasteiger partial charge < -0.3 is 10.5 Å². The average Bonchev–Trinajstić information content (AvgIpc) is 2.48. The third kappa shape index (κ3) is 2.46. The fourth-order valence-electron chi connectivity index (χ4n) is 2.78. The molecule has 3 N–H and O–H groups in total. The van der Waals surface area contributed by atoms with Gasteiger partial charge in [-0.05, 0) is 37.8 Å². The Labute approximate surface area is 118 Å². The minimum absolute atomic E-state index is 0.00839. The molecule has 20 heavy (non-hydrogen) atoms. The molecule has 0 aliphatic heterocycles. The summed E-state index contributed by atoms with van der Waals surface area (Å²) in [5.74, 6) is 0.726. The van der Waals surface area contributed by atoms with Crippen LogP contribution in [0, 0.1) is 5.41 Å². The molecule has 1 heterocycles. The van der Waals surface area contributed by atoms with E-state index in [1.165, 1.54) is 19.3 Å². The normalized spacial score (nSPS) is 16.2. The molecule has 1 fully saturated rings. The summed E-state index contributed by atoms with van der Waals surface area (Å²) in [6, 6.07) is 7.84. The van der Waals surface area contributed by atoms with E-state index in [-0.39, 0.29) is 11.9 Å². The Hall–Kier alpha value is -2.10. The number of aromatic nitrogens is 1. The lowest BCUT2D eigenvalue weighted by atomic mass is 9.97. The van der Waals surface area contributed by atoms with Crippen molar-refractivity contribution in [2.24, 2.45) is 5.73 Å². The van der Waals surface area contributed by atoms with Gasteiger partial charge in [0.2, 0.25) is 0 Å². The van der Waals surface area contributed by atoms with Crippen molar-refractivity contribution < 1.29 is 4.74 Å². The lowest BCUT2D eigenvalue weighted by Crippen LogP contribution is -2.22. The van der Waals surface area contributed by atoms with Crippen LogP contribution in [0.4, 0.5) is 0 Å². The number of rotatable bonds is 3. The first-order valence-corrected chi connectivity index (χ1v) is 7.14. The largest absolute Gasteiger partial charge is 0.489 e. The molecule has 4 heteroatoms. The standard InChI is InChI=1S/C16H19N3O/c17-16(18)13-10-19-14-9-5-4-8-12(14)15(13)20-11-6-2-1-3-7-11/h4-5,8-11H,1-3,6-7H2,(H3,17,18). The van der Waals surface area contributed by atoms with Crippen LogP contribution in [-0.4, -0.2) is 16.9 Å². The van der Waals surface area contributed by atoms with Gasteiger partial charge in [-0.2, -0.15) is 0 Å². The number of para-hydroxylation sites is 1. The van der Waals surface area contributed by atoms with Gasteiger partial charge in [0.05, 0.1) is 17.2 Å². The van der Waals surface area contributed by atoms with Gasteiger partial charge in [0.25, 0.3) is 0 Å². The summed E-state index contributed by atoms with van der Waals surface area (Å²) in [4.78, 5) is 4.36. The summed E-state index contributed by atoms with van der Waals surface area (Å²) >= 11 is 0. The van der Waals surface area contributed by atoms with Crippen molar-refractivity contribution in [1.82, 2.24) is 4.98 Å². The fraction of sp³-hybridized carbons (Fsp3) is 0.375. The molecule has 0 spiro atoms. The highest BCUT2D eigenvalue weighted by molar-refractivity contribution is 6.02. The Morgan fingerprint density at radius 1 is 1.20 bits per heavy atom. The lowest BCUT2D eigenvalue weighted by molar-refractivity contribution is 0.156. The van der Waals surface area contributed by atoms with Gasteiger partial charge in [0.15, 0.2) is 0 Å². The molecule has 1 aromatic heterocycles. The Bertz CT molecular complexity index is 633. The fourth-order valence-corrected chi connectivity index (χ4v) is 2.78. The molecule has 0 atom stereocenters. The molecule has 1 aliphatic rings. The second kappa shape index (κ2) is 5.49. The van der Waals surface area contributed by atoms with E-state index in [1.54, 1.807) is 6.20 Å². The monoisotopic (exact) mass is 269 g/mol. The second-order valence-corrected chi connectivity index (χ2v) is 5.31. The third-order valence-electron chi connectivity index (χ3n) is 3.85. The van der Waals surface area contributed by atoms with Gasteiger partial charge in [0, 0.05) is 11.6 Å². The van der Waals surface area contributed by atoms with E-state index < -0.39 is 0 Å². The van der Waals surface area contributed by atoms with Crippen LogP contribution in [0.2, 0.25) is 0 Å². The summed E-state index contributed by atoms with van der Waals surface area (Å²) in [7, 11) is 0. The molecule has 0 amide bonds. The smallest absolute Gasteiger partial charge is 0.141 e.